The molecular weight excluding hydrogens is 76.1 g/mol. The maximum Gasteiger partial charge on any atom is 0.0566 e. The maximum absolute atomic E-state index is 8.79. The van der Waals surface area contributed by atoms with Gasteiger partial charge >= 0.3 is 0 Å². The van der Waals surface area contributed by atoms with E-state index in [4.69, 9.17) is 12.0 Å². The van der Waals surface area contributed by atoms with Crippen LogP contribution >= 0.6 is 0 Å². The number of aliphatic hydroxyl groups is 1. The molecule has 0 aromatic heterocycles. The van der Waals surface area contributed by atoms with E-state index in [9.17, 15) is 0 Å². The second-order valence-corrected chi connectivity index (χ2v) is 0.987. The van der Waals surface area contributed by atoms with Gasteiger partial charge in [-0.1, -0.05) is 20.2 Å². The Morgan fingerprint density at radius 3 is 2.67 bits per heavy atom. The third kappa shape index (κ3) is 2.21. The molecule has 1 unspecified atom stereocenters. The van der Waals surface area contributed by atoms with Crippen LogP contribution in [-0.2, 0) is 0 Å². The molecule has 0 aliphatic heterocycles. The van der Waals surface area contributed by atoms with E-state index in [2.05, 4.69) is 0 Å². The summed E-state index contributed by atoms with van der Waals surface area (Å²) in [5, 5.41) is 8.79. The fourth-order valence-corrected chi connectivity index (χ4v) is 0.0559. The molecular formula is C5H12O. The lowest BCUT2D eigenvalue weighted by Crippen LogP contribution is -1.96. The van der Waals surface area contributed by atoms with Gasteiger partial charge in [-0.25, -0.2) is 0 Å². The Morgan fingerprint density at radius 1 is 2.17 bits per heavy atom. The summed E-state index contributed by atoms with van der Waals surface area (Å²) in [5.74, 6) is -2.15. The molecule has 0 bridgehead atoms. The molecule has 0 fully saturated rings. The van der Waals surface area contributed by atoms with Crippen LogP contribution < -0.4 is 0 Å². The van der Waals surface area contributed by atoms with Crippen molar-refractivity contribution in [1.29, 1.82) is 0 Å². The molecule has 0 aliphatic carbocycles. The molecule has 1 N–H and O–H groups in total. The summed E-state index contributed by atoms with van der Waals surface area (Å²) < 4.78 is 34.9. The van der Waals surface area contributed by atoms with Crippen LogP contribution in [0.1, 0.15) is 27.1 Å². The summed E-state index contributed by atoms with van der Waals surface area (Å²) in [7, 11) is 0. The molecule has 1 atom stereocenters. The van der Waals surface area contributed by atoms with Crippen molar-refractivity contribution in [2.75, 3.05) is 6.56 Å². The lowest BCUT2D eigenvalue weighted by molar-refractivity contribution is 0.234. The molecule has 38 valence electrons. The van der Waals surface area contributed by atoms with E-state index in [1.165, 1.54) is 0 Å². The van der Waals surface area contributed by atoms with Crippen LogP contribution in [0.2, 0.25) is 0 Å². The Morgan fingerprint density at radius 2 is 2.67 bits per heavy atom. The highest BCUT2D eigenvalue weighted by molar-refractivity contribution is 4.41. The van der Waals surface area contributed by atoms with E-state index in [-0.39, 0.29) is 0 Å². The van der Waals surface area contributed by atoms with Crippen LogP contribution in [0.15, 0.2) is 0 Å². The van der Waals surface area contributed by atoms with E-state index in [0.29, 0.717) is 0 Å². The van der Waals surface area contributed by atoms with E-state index in [0.717, 1.165) is 13.8 Å². The predicted molar refractivity (Wildman–Crippen MR) is 26.5 cm³/mol. The first-order valence-corrected chi connectivity index (χ1v) is 1.72. The molecule has 1 heteroatoms. The first-order valence-electron chi connectivity index (χ1n) is 4.22. The predicted octanol–water partition coefficient (Wildman–Crippen LogP) is 1.02. The topological polar surface area (TPSA) is 20.2 Å². The second kappa shape index (κ2) is 3.16. The summed E-state index contributed by atoms with van der Waals surface area (Å²) in [6, 6.07) is 0. The van der Waals surface area contributed by atoms with E-state index >= 15 is 0 Å². The molecule has 6 heavy (non-hydrogen) atoms. The zero-order valence-corrected chi connectivity index (χ0v) is 3.95. The smallest absolute Gasteiger partial charge is 0.0566 e. The Bertz CT molecular complexity index is 126. The van der Waals surface area contributed by atoms with Gasteiger partial charge in [-0.15, -0.1) is 0 Å². The number of hydrogen-bond acceptors (Lipinski definition) is 1. The molecule has 0 spiro atoms. The normalized spacial score (nSPS) is 36.8. The largest absolute Gasteiger partial charge is 0.396 e. The quantitative estimate of drug-likeness (QED) is 0.540. The van der Waals surface area contributed by atoms with Crippen molar-refractivity contribution in [2.24, 2.45) is 5.89 Å². The molecule has 0 heterocycles. The molecule has 0 rings (SSSR count). The van der Waals surface area contributed by atoms with E-state index < -0.39 is 18.8 Å². The Hall–Kier alpha value is -0.0400. The minimum Gasteiger partial charge on any atom is -0.396 e. The Balaban J connectivity index is 4.75. The van der Waals surface area contributed by atoms with Crippen LogP contribution in [0.25, 0.3) is 0 Å². The van der Waals surface area contributed by atoms with Crippen molar-refractivity contribution in [3.05, 3.63) is 0 Å². The summed E-state index contributed by atoms with van der Waals surface area (Å²) in [6.45, 7) is -0.744. The highest BCUT2D eigenvalue weighted by atomic mass is 16.3. The molecule has 0 saturated carbocycles. The van der Waals surface area contributed by atoms with Gasteiger partial charge < -0.3 is 5.11 Å². The van der Waals surface area contributed by atoms with E-state index in [1.807, 2.05) is 0 Å². The first kappa shape index (κ1) is 1.48. The van der Waals surface area contributed by atoms with Gasteiger partial charge in [0.2, 0.25) is 0 Å². The number of rotatable bonds is 2. The molecule has 0 aromatic rings. The van der Waals surface area contributed by atoms with Crippen LogP contribution in [0, 0.1) is 5.89 Å². The van der Waals surface area contributed by atoms with Crippen LogP contribution in [-0.4, -0.2) is 11.7 Å². The van der Waals surface area contributed by atoms with Crippen molar-refractivity contribution in [2.45, 2.75) is 20.2 Å². The van der Waals surface area contributed by atoms with Gasteiger partial charge in [0, 0.05) is 10.7 Å². The van der Waals surface area contributed by atoms with Crippen LogP contribution in [0.4, 0.5) is 0 Å². The maximum atomic E-state index is 8.79. The van der Waals surface area contributed by atoms with Gasteiger partial charge in [-0.2, -0.15) is 0 Å². The molecule has 0 aromatic carbocycles. The fourth-order valence-electron chi connectivity index (χ4n) is 0.0559. The molecule has 1 nitrogen and oxygen atoms in total. The SMILES string of the molecule is [2H]C([2H])(C)C([2H])(C)C([2H])([2H])O. The monoisotopic (exact) mass is 93.1 g/mol. The van der Waals surface area contributed by atoms with Crippen LogP contribution in [0.3, 0.4) is 0 Å². The molecule has 0 amide bonds. The zero-order chi connectivity index (χ0) is 9.50. The minimum atomic E-state index is -2.83. The van der Waals surface area contributed by atoms with Crippen molar-refractivity contribution >= 4 is 0 Å². The average Bonchev–Trinajstić information content (AvgIpc) is 1.58. The van der Waals surface area contributed by atoms with E-state index in [1.54, 1.807) is 0 Å². The Labute approximate surface area is 46.0 Å². The first-order chi connectivity index (χ1) is 4.50. The van der Waals surface area contributed by atoms with Gasteiger partial charge in [0.15, 0.2) is 0 Å². The van der Waals surface area contributed by atoms with Crippen molar-refractivity contribution in [3.63, 3.8) is 0 Å². The molecule has 0 radical (unpaired) electrons. The third-order valence-corrected chi connectivity index (χ3v) is 0.543. The van der Waals surface area contributed by atoms with Crippen LogP contribution in [0.5, 0.6) is 0 Å². The van der Waals surface area contributed by atoms with Crippen molar-refractivity contribution in [1.82, 2.24) is 0 Å². The highest BCUT2D eigenvalue weighted by Crippen LogP contribution is 1.95. The summed E-state index contributed by atoms with van der Waals surface area (Å²) in [6.07, 6.45) is -2.08. The van der Waals surface area contributed by atoms with Gasteiger partial charge in [0.1, 0.15) is 0 Å². The van der Waals surface area contributed by atoms with Crippen molar-refractivity contribution < 1.29 is 12.0 Å². The minimum absolute atomic E-state index is 1.02. The summed E-state index contributed by atoms with van der Waals surface area (Å²) in [5.41, 5.74) is 0. The fraction of sp³-hybridized carbons (Fsp3) is 1.00. The molecule has 0 aliphatic rings. The van der Waals surface area contributed by atoms with Gasteiger partial charge in [-0.3, -0.25) is 0 Å². The standard InChI is InChI=1S/C5H12O/c1-3-5(2)4-6/h5-6H,3-4H2,1-2H3/i3D2,4D2,5D. The zero-order valence-electron chi connectivity index (χ0n) is 8.95. The van der Waals surface area contributed by atoms with Crippen molar-refractivity contribution in [3.8, 4) is 0 Å². The third-order valence-electron chi connectivity index (χ3n) is 0.543. The summed E-state index contributed by atoms with van der Waals surface area (Å²) >= 11 is 0. The lowest BCUT2D eigenvalue weighted by Gasteiger charge is -1.98. The van der Waals surface area contributed by atoms with Gasteiger partial charge in [-0.05, 0) is 5.89 Å². The lowest BCUT2D eigenvalue weighted by atomic mass is 10.1. The average molecular weight is 93.2 g/mol. The van der Waals surface area contributed by atoms with Gasteiger partial charge in [0.25, 0.3) is 0 Å². The second-order valence-electron chi connectivity index (χ2n) is 0.987. The van der Waals surface area contributed by atoms with Gasteiger partial charge in [0.05, 0.1) is 2.74 Å². The number of hydrogen-bond donors (Lipinski definition) is 1. The summed E-state index contributed by atoms with van der Waals surface area (Å²) in [4.78, 5) is 0. The molecule has 0 saturated heterocycles. The Kier molecular flexibility index (Phi) is 0.779. The highest BCUT2D eigenvalue weighted by Gasteiger charge is 1.90.